The number of piperazine rings is 1. The molecule has 0 atom stereocenters. The van der Waals surface area contributed by atoms with E-state index < -0.39 is 5.91 Å². The molecule has 5 rings (SSSR count). The largest absolute Gasteiger partial charge is 0.366 e. The van der Waals surface area contributed by atoms with E-state index in [1.54, 1.807) is 24.3 Å². The predicted octanol–water partition coefficient (Wildman–Crippen LogP) is 4.37. The van der Waals surface area contributed by atoms with E-state index in [0.717, 1.165) is 60.1 Å². The number of halogens is 2. The summed E-state index contributed by atoms with van der Waals surface area (Å²) >= 11 is 12.3. The van der Waals surface area contributed by atoms with Crippen molar-refractivity contribution < 1.29 is 9.59 Å². The molecule has 9 heteroatoms. The number of rotatable bonds is 6. The van der Waals surface area contributed by atoms with Crippen molar-refractivity contribution in [3.8, 4) is 11.1 Å². The van der Waals surface area contributed by atoms with Crippen LogP contribution in [-0.4, -0.2) is 72.9 Å². The Kier molecular flexibility index (Phi) is 6.90. The molecule has 7 nitrogen and oxygen atoms in total. The maximum absolute atomic E-state index is 12.9. The average molecular weight is 524 g/mol. The number of carbonyl (C=O) groups excluding carboxylic acids is 2. The normalized spacial score (nSPS) is 15.0. The van der Waals surface area contributed by atoms with Gasteiger partial charge in [0.25, 0.3) is 11.8 Å². The highest BCUT2D eigenvalue weighted by molar-refractivity contribution is 6.42. The Morgan fingerprint density at radius 1 is 0.944 bits per heavy atom. The van der Waals surface area contributed by atoms with Crippen LogP contribution in [0.15, 0.2) is 48.5 Å². The summed E-state index contributed by atoms with van der Waals surface area (Å²) in [6.45, 7) is 5.52. The summed E-state index contributed by atoms with van der Waals surface area (Å²) in [5, 5.41) is 5.54. The summed E-state index contributed by atoms with van der Waals surface area (Å²) in [4.78, 5) is 33.2. The molecule has 1 aliphatic heterocycles. The van der Waals surface area contributed by atoms with Gasteiger partial charge in [0.1, 0.15) is 0 Å². The van der Waals surface area contributed by atoms with Crippen molar-refractivity contribution in [2.24, 2.45) is 5.73 Å². The topological polar surface area (TPSA) is 94.5 Å². The first-order valence-corrected chi connectivity index (χ1v) is 12.6. The Morgan fingerprint density at radius 3 is 2.44 bits per heavy atom. The monoisotopic (exact) mass is 523 g/mol. The maximum Gasteiger partial charge on any atom is 0.251 e. The van der Waals surface area contributed by atoms with Crippen molar-refractivity contribution in [3.63, 3.8) is 0 Å². The Morgan fingerprint density at radius 2 is 1.72 bits per heavy atom. The van der Waals surface area contributed by atoms with Gasteiger partial charge in [0, 0.05) is 61.1 Å². The highest BCUT2D eigenvalue weighted by Crippen LogP contribution is 2.35. The molecule has 0 aliphatic carbocycles. The zero-order valence-corrected chi connectivity index (χ0v) is 21.4. The van der Waals surface area contributed by atoms with Crippen LogP contribution >= 0.6 is 23.2 Å². The lowest BCUT2D eigenvalue weighted by Crippen LogP contribution is -2.46. The molecular formula is C27H27Cl2N5O2. The van der Waals surface area contributed by atoms with Crippen molar-refractivity contribution in [1.82, 2.24) is 20.1 Å². The number of nitrogens with one attached hydrogen (secondary N) is 2. The van der Waals surface area contributed by atoms with Crippen LogP contribution in [-0.2, 0) is 0 Å². The molecule has 3 aromatic carbocycles. The van der Waals surface area contributed by atoms with E-state index in [0.29, 0.717) is 33.2 Å². The molecule has 0 unspecified atom stereocenters. The van der Waals surface area contributed by atoms with E-state index >= 15 is 0 Å². The minimum absolute atomic E-state index is 0.129. The smallest absolute Gasteiger partial charge is 0.251 e. The summed E-state index contributed by atoms with van der Waals surface area (Å²) in [5.41, 5.74) is 9.68. The van der Waals surface area contributed by atoms with Gasteiger partial charge >= 0.3 is 0 Å². The fraction of sp³-hybridized carbons (Fsp3) is 0.259. The predicted molar refractivity (Wildman–Crippen MR) is 146 cm³/mol. The van der Waals surface area contributed by atoms with Crippen molar-refractivity contribution in [3.05, 3.63) is 69.7 Å². The van der Waals surface area contributed by atoms with Gasteiger partial charge in [0.15, 0.2) is 0 Å². The molecule has 0 saturated carbocycles. The zero-order chi connectivity index (χ0) is 25.4. The van der Waals surface area contributed by atoms with Gasteiger partial charge in [0.05, 0.1) is 21.1 Å². The first-order chi connectivity index (χ1) is 17.3. The number of primary amides is 1. The number of H-pyrrole nitrogens is 1. The van der Waals surface area contributed by atoms with Crippen LogP contribution < -0.4 is 11.1 Å². The van der Waals surface area contributed by atoms with Gasteiger partial charge in [0.2, 0.25) is 0 Å². The van der Waals surface area contributed by atoms with Crippen molar-refractivity contribution in [2.75, 3.05) is 46.3 Å². The molecule has 2 amide bonds. The van der Waals surface area contributed by atoms with E-state index in [1.807, 2.05) is 24.3 Å². The molecule has 36 heavy (non-hydrogen) atoms. The maximum atomic E-state index is 12.9. The first-order valence-electron chi connectivity index (χ1n) is 11.8. The van der Waals surface area contributed by atoms with Gasteiger partial charge in [-0.2, -0.15) is 0 Å². The molecule has 4 aromatic rings. The number of hydrogen-bond donors (Lipinski definition) is 3. The Labute approximate surface area is 219 Å². The number of nitrogens with two attached hydrogens (primary N) is 1. The second-order valence-electron chi connectivity index (χ2n) is 9.23. The van der Waals surface area contributed by atoms with Crippen LogP contribution in [0.2, 0.25) is 10.0 Å². The summed E-state index contributed by atoms with van der Waals surface area (Å²) < 4.78 is 0. The minimum atomic E-state index is -0.546. The Bertz CT molecular complexity index is 1470. The lowest BCUT2D eigenvalue weighted by Gasteiger charge is -2.32. The Hall–Kier alpha value is -3.10. The Balaban J connectivity index is 1.45. The van der Waals surface area contributed by atoms with E-state index in [-0.39, 0.29) is 5.91 Å². The number of hydrogen-bond acceptors (Lipinski definition) is 4. The van der Waals surface area contributed by atoms with Gasteiger partial charge in [-0.1, -0.05) is 29.3 Å². The molecule has 0 radical (unpaired) electrons. The van der Waals surface area contributed by atoms with Crippen molar-refractivity contribution in [1.29, 1.82) is 0 Å². The zero-order valence-electron chi connectivity index (χ0n) is 19.9. The standard InChI is InChI=1S/C27H27Cl2N5O2/c1-33-8-10-34(11-9-33)7-6-31-27(36)17-3-5-24-19(12-17)20-13-18(14-21(26(30)35)25(20)32-24)16-2-4-22(28)23(29)15-16/h2-5,12-15,32H,6-11H2,1H3,(H2,30,35)(H,31,36). The molecule has 186 valence electrons. The van der Waals surface area contributed by atoms with Crippen LogP contribution in [0, 0.1) is 0 Å². The van der Waals surface area contributed by atoms with E-state index in [1.165, 1.54) is 0 Å². The lowest BCUT2D eigenvalue weighted by molar-refractivity contribution is 0.0940. The van der Waals surface area contributed by atoms with E-state index in [2.05, 4.69) is 27.1 Å². The van der Waals surface area contributed by atoms with Gasteiger partial charge in [-0.3, -0.25) is 14.5 Å². The van der Waals surface area contributed by atoms with Crippen molar-refractivity contribution in [2.45, 2.75) is 0 Å². The summed E-state index contributed by atoms with van der Waals surface area (Å²) in [6, 6.07) is 14.5. The van der Waals surface area contributed by atoms with Gasteiger partial charge in [-0.15, -0.1) is 0 Å². The quantitative estimate of drug-likeness (QED) is 0.349. The van der Waals surface area contributed by atoms with E-state index in [4.69, 9.17) is 28.9 Å². The SMILES string of the molecule is CN1CCN(CCNC(=O)c2ccc3[nH]c4c(C(N)=O)cc(-c5ccc(Cl)c(Cl)c5)cc4c3c2)CC1. The van der Waals surface area contributed by atoms with Gasteiger partial charge in [-0.05, 0) is 60.6 Å². The number of carbonyl (C=O) groups is 2. The molecule has 0 spiro atoms. The lowest BCUT2D eigenvalue weighted by atomic mass is 9.98. The number of aromatic amines is 1. The van der Waals surface area contributed by atoms with Gasteiger partial charge < -0.3 is 20.9 Å². The number of benzene rings is 3. The third-order valence-electron chi connectivity index (χ3n) is 6.80. The van der Waals surface area contributed by atoms with E-state index in [9.17, 15) is 9.59 Å². The third kappa shape index (κ3) is 4.92. The van der Waals surface area contributed by atoms with Crippen LogP contribution in [0.25, 0.3) is 32.9 Å². The number of likely N-dealkylation sites (N-methyl/N-ethyl adjacent to an activating group) is 1. The fourth-order valence-electron chi connectivity index (χ4n) is 4.68. The number of nitrogens with zero attached hydrogens (tertiary/aromatic N) is 2. The molecule has 1 aromatic heterocycles. The minimum Gasteiger partial charge on any atom is -0.366 e. The molecule has 1 aliphatic rings. The molecular weight excluding hydrogens is 497 g/mol. The van der Waals surface area contributed by atoms with Gasteiger partial charge in [-0.25, -0.2) is 0 Å². The van der Waals surface area contributed by atoms with Crippen molar-refractivity contribution >= 4 is 56.8 Å². The van der Waals surface area contributed by atoms with Crippen LogP contribution in [0.5, 0.6) is 0 Å². The van der Waals surface area contributed by atoms with Crippen LogP contribution in [0.3, 0.4) is 0 Å². The average Bonchev–Trinajstić information content (AvgIpc) is 3.24. The molecule has 1 fully saturated rings. The fourth-order valence-corrected chi connectivity index (χ4v) is 4.98. The second-order valence-corrected chi connectivity index (χ2v) is 10.0. The first kappa shape index (κ1) is 24.6. The number of aromatic nitrogens is 1. The van der Waals surface area contributed by atoms with Crippen LogP contribution in [0.1, 0.15) is 20.7 Å². The summed E-state index contributed by atoms with van der Waals surface area (Å²) in [5.74, 6) is -0.675. The van der Waals surface area contributed by atoms with Crippen LogP contribution in [0.4, 0.5) is 0 Å². The molecule has 0 bridgehead atoms. The highest BCUT2D eigenvalue weighted by Gasteiger charge is 2.17. The highest BCUT2D eigenvalue weighted by atomic mass is 35.5. The molecule has 2 heterocycles. The third-order valence-corrected chi connectivity index (χ3v) is 7.54. The summed E-state index contributed by atoms with van der Waals surface area (Å²) in [6.07, 6.45) is 0. The molecule has 4 N–H and O–H groups in total. The number of fused-ring (bicyclic) bond motifs is 3. The number of amides is 2. The summed E-state index contributed by atoms with van der Waals surface area (Å²) in [7, 11) is 2.12. The molecule has 1 saturated heterocycles. The second kappa shape index (κ2) is 10.1.